The number of aromatic amines is 1. The molecule has 5 rings (SSSR count). The van der Waals surface area contributed by atoms with Gasteiger partial charge in [0.1, 0.15) is 6.26 Å². The summed E-state index contributed by atoms with van der Waals surface area (Å²) < 4.78 is 7.44. The zero-order valence-corrected chi connectivity index (χ0v) is 19.5. The minimum Gasteiger partial charge on any atom is -0.512 e. The molecule has 1 aromatic carbocycles. The van der Waals surface area contributed by atoms with E-state index in [1.807, 2.05) is 41.9 Å². The second kappa shape index (κ2) is 10.2. The lowest BCUT2D eigenvalue weighted by atomic mass is 10.1. The van der Waals surface area contributed by atoms with E-state index < -0.39 is 0 Å². The van der Waals surface area contributed by atoms with Crippen molar-refractivity contribution >= 4 is 34.0 Å². The van der Waals surface area contributed by atoms with Crippen LogP contribution in [0.25, 0.3) is 16.6 Å². The first-order valence-electron chi connectivity index (χ1n) is 11.0. The van der Waals surface area contributed by atoms with E-state index in [4.69, 9.17) is 14.7 Å². The molecule has 0 aliphatic carbocycles. The average Bonchev–Trinajstić information content (AvgIpc) is 3.26. The van der Waals surface area contributed by atoms with Crippen LogP contribution >= 0.6 is 11.8 Å². The third-order valence-electron chi connectivity index (χ3n) is 5.58. The molecule has 10 heteroatoms. The van der Waals surface area contributed by atoms with Crippen LogP contribution in [0.3, 0.4) is 0 Å². The number of rotatable bonds is 7. The number of H-pyrrole nitrogens is 1. The fourth-order valence-electron chi connectivity index (χ4n) is 3.81. The molecule has 0 radical (unpaired) electrons. The Balaban J connectivity index is 1.38. The number of nitrogens with zero attached hydrogens (tertiary/aromatic N) is 5. The van der Waals surface area contributed by atoms with E-state index in [0.717, 1.165) is 77.5 Å². The molecular formula is C24H25N6O3S+. The van der Waals surface area contributed by atoms with Crippen molar-refractivity contribution < 1.29 is 19.1 Å². The van der Waals surface area contributed by atoms with E-state index in [-0.39, 0.29) is 0 Å². The van der Waals surface area contributed by atoms with Crippen molar-refractivity contribution in [2.24, 2.45) is 5.16 Å². The summed E-state index contributed by atoms with van der Waals surface area (Å²) in [6.45, 7) is 6.20. The van der Waals surface area contributed by atoms with Gasteiger partial charge in [-0.05, 0) is 54.6 Å². The van der Waals surface area contributed by atoms with Crippen molar-refractivity contribution in [3.8, 4) is 0 Å². The fraction of sp³-hybridized carbons (Fsp3) is 0.250. The molecule has 1 fully saturated rings. The van der Waals surface area contributed by atoms with Gasteiger partial charge in [-0.25, -0.2) is 0 Å². The van der Waals surface area contributed by atoms with Gasteiger partial charge in [0.25, 0.3) is 5.65 Å². The van der Waals surface area contributed by atoms with Gasteiger partial charge in [0, 0.05) is 47.7 Å². The van der Waals surface area contributed by atoms with Gasteiger partial charge in [-0.1, -0.05) is 5.16 Å². The quantitative estimate of drug-likeness (QED) is 0.182. The first kappa shape index (κ1) is 22.3. The van der Waals surface area contributed by atoms with Crippen molar-refractivity contribution in [2.45, 2.75) is 23.5 Å². The minimum absolute atomic E-state index is 0.675. The Morgan fingerprint density at radius 1 is 1.29 bits per heavy atom. The molecule has 0 atom stereocenters. The van der Waals surface area contributed by atoms with Gasteiger partial charge in [0.15, 0.2) is 6.26 Å². The SMILES string of the molecule is C/C(=N\O/C=C/O)c1ccc2[nH]nc(Sc3ccc4ncc(CN5CCOCC5)cc4c3)[n+]2c1. The van der Waals surface area contributed by atoms with Crippen LogP contribution in [0.1, 0.15) is 18.1 Å². The number of pyridine rings is 2. The molecule has 4 heterocycles. The van der Waals surface area contributed by atoms with Crippen LogP contribution in [-0.4, -0.2) is 57.2 Å². The lowest BCUT2D eigenvalue weighted by Crippen LogP contribution is -2.35. The van der Waals surface area contributed by atoms with E-state index in [2.05, 4.69) is 43.4 Å². The summed E-state index contributed by atoms with van der Waals surface area (Å²) in [6.07, 6.45) is 5.82. The van der Waals surface area contributed by atoms with Crippen molar-refractivity contribution in [1.82, 2.24) is 20.1 Å². The highest BCUT2D eigenvalue weighted by atomic mass is 32.2. The Hall–Kier alpha value is -3.47. The second-order valence-corrected chi connectivity index (χ2v) is 8.98. The number of fused-ring (bicyclic) bond motifs is 2. The summed E-state index contributed by atoms with van der Waals surface area (Å²) in [5.74, 6) is 0. The summed E-state index contributed by atoms with van der Waals surface area (Å²) in [7, 11) is 0. The molecule has 34 heavy (non-hydrogen) atoms. The first-order chi connectivity index (χ1) is 16.7. The highest BCUT2D eigenvalue weighted by Gasteiger charge is 2.17. The van der Waals surface area contributed by atoms with E-state index >= 15 is 0 Å². The lowest BCUT2D eigenvalue weighted by Gasteiger charge is -2.26. The molecule has 0 spiro atoms. The number of aliphatic hydroxyl groups is 1. The third-order valence-corrected chi connectivity index (χ3v) is 6.54. The number of hydrogen-bond acceptors (Lipinski definition) is 8. The molecule has 0 bridgehead atoms. The van der Waals surface area contributed by atoms with Crippen LogP contribution in [0.5, 0.6) is 0 Å². The Labute approximate surface area is 200 Å². The molecule has 1 saturated heterocycles. The van der Waals surface area contributed by atoms with E-state index in [1.165, 1.54) is 5.56 Å². The largest absolute Gasteiger partial charge is 0.512 e. The fourth-order valence-corrected chi connectivity index (χ4v) is 4.69. The summed E-state index contributed by atoms with van der Waals surface area (Å²) >= 11 is 1.57. The van der Waals surface area contributed by atoms with Crippen LogP contribution in [0.4, 0.5) is 0 Å². The van der Waals surface area contributed by atoms with E-state index in [1.54, 1.807) is 11.8 Å². The van der Waals surface area contributed by atoms with Crippen molar-refractivity contribution in [2.75, 3.05) is 26.3 Å². The molecule has 0 unspecified atom stereocenters. The van der Waals surface area contributed by atoms with Crippen LogP contribution in [0.15, 0.2) is 76.5 Å². The molecule has 1 aliphatic heterocycles. The van der Waals surface area contributed by atoms with Crippen molar-refractivity contribution in [3.63, 3.8) is 0 Å². The van der Waals surface area contributed by atoms with Crippen molar-refractivity contribution in [1.29, 1.82) is 0 Å². The molecule has 0 saturated carbocycles. The Bertz CT molecular complexity index is 1360. The molecule has 4 aromatic rings. The van der Waals surface area contributed by atoms with E-state index in [0.29, 0.717) is 5.71 Å². The Morgan fingerprint density at radius 3 is 3.03 bits per heavy atom. The maximum atomic E-state index is 8.69. The van der Waals surface area contributed by atoms with Crippen LogP contribution in [-0.2, 0) is 16.1 Å². The van der Waals surface area contributed by atoms with Gasteiger partial charge in [-0.3, -0.25) is 9.88 Å². The number of aliphatic hydroxyl groups excluding tert-OH is 1. The zero-order chi connectivity index (χ0) is 23.3. The first-order valence-corrected chi connectivity index (χ1v) is 11.8. The molecule has 2 N–H and O–H groups in total. The molecule has 174 valence electrons. The molecule has 3 aromatic heterocycles. The molecule has 1 aliphatic rings. The molecule has 0 amide bonds. The number of benzene rings is 1. The van der Waals surface area contributed by atoms with Crippen LogP contribution in [0.2, 0.25) is 0 Å². The van der Waals surface area contributed by atoms with E-state index in [9.17, 15) is 0 Å². The zero-order valence-electron chi connectivity index (χ0n) is 18.7. The standard InChI is InChI=1S/C24H24N6O3S/c1-17(28-33-11-8-31)19-2-5-23-26-27-24(30(23)16-19)34-21-3-4-22-20(13-21)12-18(14-25-22)15-29-6-9-32-10-7-29/h2-5,8,11-14,16,31H,6-7,9-10,15H2,1H3/p+1/b11-8+,28-17+. The third kappa shape index (κ3) is 5.04. The Kier molecular flexibility index (Phi) is 6.70. The number of aromatic nitrogens is 4. The summed E-state index contributed by atoms with van der Waals surface area (Å²) in [5, 5.41) is 22.1. The number of nitrogens with one attached hydrogen (secondary N) is 1. The van der Waals surface area contributed by atoms with Gasteiger partial charge < -0.3 is 14.7 Å². The van der Waals surface area contributed by atoms with Gasteiger partial charge in [-0.2, -0.15) is 4.40 Å². The van der Waals surface area contributed by atoms with Crippen LogP contribution < -0.4 is 4.40 Å². The van der Waals surface area contributed by atoms with Crippen LogP contribution in [0, 0.1) is 0 Å². The summed E-state index contributed by atoms with van der Waals surface area (Å²) in [4.78, 5) is 13.0. The highest BCUT2D eigenvalue weighted by Crippen LogP contribution is 2.27. The van der Waals surface area contributed by atoms with Gasteiger partial charge in [-0.15, -0.1) is 5.10 Å². The maximum absolute atomic E-state index is 8.69. The second-order valence-electron chi connectivity index (χ2n) is 7.94. The molecule has 9 nitrogen and oxygen atoms in total. The molecular weight excluding hydrogens is 452 g/mol. The van der Waals surface area contributed by atoms with Crippen molar-refractivity contribution in [3.05, 3.63) is 72.4 Å². The Morgan fingerprint density at radius 2 is 2.18 bits per heavy atom. The van der Waals surface area contributed by atoms with Gasteiger partial charge in [0.05, 0.1) is 35.7 Å². The van der Waals surface area contributed by atoms with Gasteiger partial charge in [0.2, 0.25) is 0 Å². The number of ether oxygens (including phenoxy) is 1. The number of oxime groups is 1. The monoisotopic (exact) mass is 477 g/mol. The topological polar surface area (TPSA) is 100.0 Å². The predicted molar refractivity (Wildman–Crippen MR) is 129 cm³/mol. The maximum Gasteiger partial charge on any atom is 0.346 e. The smallest absolute Gasteiger partial charge is 0.346 e. The van der Waals surface area contributed by atoms with Gasteiger partial charge >= 0.3 is 5.16 Å². The highest BCUT2D eigenvalue weighted by molar-refractivity contribution is 7.99. The number of hydrogen-bond donors (Lipinski definition) is 2. The number of morpholine rings is 1. The normalized spacial score (nSPS) is 15.5. The summed E-state index contributed by atoms with van der Waals surface area (Å²) in [5.41, 5.74) is 4.59. The summed E-state index contributed by atoms with van der Waals surface area (Å²) in [6, 6.07) is 12.4. The average molecular weight is 478 g/mol. The minimum atomic E-state index is 0.675. The lowest BCUT2D eigenvalue weighted by molar-refractivity contribution is -0.556. The predicted octanol–water partition coefficient (Wildman–Crippen LogP) is 3.45.